The van der Waals surface area contributed by atoms with E-state index in [1.807, 2.05) is 25.3 Å². The lowest BCUT2D eigenvalue weighted by molar-refractivity contribution is 0.269. The number of fused-ring (bicyclic) bond motifs is 2. The minimum atomic E-state index is 0.705. The van der Waals surface area contributed by atoms with E-state index in [4.69, 9.17) is 5.10 Å². The van der Waals surface area contributed by atoms with E-state index in [-0.39, 0.29) is 0 Å². The van der Waals surface area contributed by atoms with Crippen molar-refractivity contribution in [3.8, 4) is 0 Å². The standard InChI is InChI=1S/C18H19N7/c1-11-14-8-13(21-17-16-15(22-23-17)6-3-7-19-16)9-20-18(14)25(24-11)10-12-4-2-5-12/h3,6-9,12H,2,4-5,10H2,1H3,(H2,21,22,23). The van der Waals surface area contributed by atoms with Gasteiger partial charge in [0.2, 0.25) is 0 Å². The molecule has 1 fully saturated rings. The van der Waals surface area contributed by atoms with E-state index >= 15 is 0 Å². The van der Waals surface area contributed by atoms with Crippen molar-refractivity contribution < 1.29 is 0 Å². The van der Waals surface area contributed by atoms with Gasteiger partial charge in [-0.1, -0.05) is 6.42 Å². The van der Waals surface area contributed by atoms with Crippen LogP contribution in [0.25, 0.3) is 22.1 Å². The monoisotopic (exact) mass is 333 g/mol. The van der Waals surface area contributed by atoms with E-state index in [2.05, 4.69) is 36.2 Å². The number of hydrogen-bond donors (Lipinski definition) is 2. The molecule has 4 aromatic rings. The maximum Gasteiger partial charge on any atom is 0.178 e. The van der Waals surface area contributed by atoms with Crippen LogP contribution in [0.3, 0.4) is 0 Å². The van der Waals surface area contributed by atoms with Crippen molar-refractivity contribution in [2.45, 2.75) is 32.7 Å². The topological polar surface area (TPSA) is 84.3 Å². The Labute approximate surface area is 144 Å². The number of rotatable bonds is 4. The van der Waals surface area contributed by atoms with Crippen LogP contribution in [0.5, 0.6) is 0 Å². The fourth-order valence-electron chi connectivity index (χ4n) is 3.40. The molecule has 0 saturated heterocycles. The summed E-state index contributed by atoms with van der Waals surface area (Å²) in [5.41, 5.74) is 4.58. The highest BCUT2D eigenvalue weighted by Gasteiger charge is 2.20. The molecule has 25 heavy (non-hydrogen) atoms. The molecule has 0 unspecified atom stereocenters. The van der Waals surface area contributed by atoms with Crippen LogP contribution in [0.4, 0.5) is 11.5 Å². The number of aromatic nitrogens is 6. The third-order valence-electron chi connectivity index (χ3n) is 5.01. The van der Waals surface area contributed by atoms with Crippen molar-refractivity contribution in [3.05, 3.63) is 36.3 Å². The smallest absolute Gasteiger partial charge is 0.178 e. The van der Waals surface area contributed by atoms with Crippen LogP contribution < -0.4 is 5.32 Å². The summed E-state index contributed by atoms with van der Waals surface area (Å²) in [6, 6.07) is 5.93. The highest BCUT2D eigenvalue weighted by atomic mass is 15.3. The third-order valence-corrected chi connectivity index (χ3v) is 5.01. The number of H-pyrrole nitrogens is 1. The molecule has 1 aliphatic carbocycles. The third kappa shape index (κ3) is 2.43. The number of nitrogens with one attached hydrogen (secondary N) is 2. The first-order valence-corrected chi connectivity index (χ1v) is 8.67. The van der Waals surface area contributed by atoms with Crippen molar-refractivity contribution >= 4 is 33.6 Å². The lowest BCUT2D eigenvalue weighted by Gasteiger charge is -2.25. The van der Waals surface area contributed by atoms with Crippen molar-refractivity contribution in [2.75, 3.05) is 5.32 Å². The number of nitrogens with zero attached hydrogens (tertiary/aromatic N) is 5. The maximum absolute atomic E-state index is 4.69. The molecule has 0 aliphatic heterocycles. The van der Waals surface area contributed by atoms with Crippen molar-refractivity contribution in [2.24, 2.45) is 5.92 Å². The number of pyridine rings is 2. The summed E-state index contributed by atoms with van der Waals surface area (Å²) in [7, 11) is 0. The van der Waals surface area contributed by atoms with E-state index < -0.39 is 0 Å². The summed E-state index contributed by atoms with van der Waals surface area (Å²) in [5.74, 6) is 1.46. The molecule has 4 aromatic heterocycles. The number of anilines is 2. The van der Waals surface area contributed by atoms with Gasteiger partial charge in [0.05, 0.1) is 23.1 Å². The molecule has 1 saturated carbocycles. The number of aryl methyl sites for hydroxylation is 1. The normalized spacial score (nSPS) is 14.9. The molecule has 126 valence electrons. The Balaban J connectivity index is 1.49. The fraction of sp³-hybridized carbons (Fsp3) is 0.333. The van der Waals surface area contributed by atoms with Crippen LogP contribution in [0.15, 0.2) is 30.6 Å². The predicted octanol–water partition coefficient (Wildman–Crippen LogP) is 3.55. The molecule has 4 heterocycles. The second-order valence-corrected chi connectivity index (χ2v) is 6.76. The molecule has 7 heteroatoms. The number of aromatic amines is 1. The quantitative estimate of drug-likeness (QED) is 0.596. The van der Waals surface area contributed by atoms with Gasteiger partial charge < -0.3 is 5.32 Å². The zero-order valence-corrected chi connectivity index (χ0v) is 14.0. The summed E-state index contributed by atoms with van der Waals surface area (Å²) in [6.07, 6.45) is 7.55. The summed E-state index contributed by atoms with van der Waals surface area (Å²) < 4.78 is 2.06. The molecular weight excluding hydrogens is 314 g/mol. The predicted molar refractivity (Wildman–Crippen MR) is 96.8 cm³/mol. The molecule has 0 amide bonds. The lowest BCUT2D eigenvalue weighted by Crippen LogP contribution is -2.19. The van der Waals surface area contributed by atoms with Crippen LogP contribution in [0, 0.1) is 12.8 Å². The zero-order chi connectivity index (χ0) is 16.8. The zero-order valence-electron chi connectivity index (χ0n) is 14.0. The van der Waals surface area contributed by atoms with Crippen molar-refractivity contribution in [1.29, 1.82) is 0 Å². The lowest BCUT2D eigenvalue weighted by atomic mass is 9.85. The first kappa shape index (κ1) is 14.4. The highest BCUT2D eigenvalue weighted by Crippen LogP contribution is 2.30. The van der Waals surface area contributed by atoms with Gasteiger partial charge in [0.25, 0.3) is 0 Å². The first-order valence-electron chi connectivity index (χ1n) is 8.67. The molecule has 0 radical (unpaired) electrons. The minimum absolute atomic E-state index is 0.705. The second-order valence-electron chi connectivity index (χ2n) is 6.76. The Morgan fingerprint density at radius 1 is 1.32 bits per heavy atom. The molecule has 5 rings (SSSR count). The van der Waals surface area contributed by atoms with Crippen LogP contribution in [0.1, 0.15) is 25.0 Å². The van der Waals surface area contributed by atoms with Gasteiger partial charge in [-0.2, -0.15) is 10.2 Å². The van der Waals surface area contributed by atoms with Gasteiger partial charge in [-0.3, -0.25) is 10.1 Å². The Morgan fingerprint density at radius 2 is 2.24 bits per heavy atom. The van der Waals surface area contributed by atoms with Crippen LogP contribution in [0.2, 0.25) is 0 Å². The van der Waals surface area contributed by atoms with Crippen LogP contribution in [-0.2, 0) is 6.54 Å². The maximum atomic E-state index is 4.69. The Bertz CT molecular complexity index is 1060. The van der Waals surface area contributed by atoms with Gasteiger partial charge >= 0.3 is 0 Å². The fourth-order valence-corrected chi connectivity index (χ4v) is 3.40. The summed E-state index contributed by atoms with van der Waals surface area (Å²) in [4.78, 5) is 9.03. The molecular formula is C18H19N7. The van der Waals surface area contributed by atoms with Gasteiger partial charge in [-0.15, -0.1) is 0 Å². The average Bonchev–Trinajstić information content (AvgIpc) is 3.13. The van der Waals surface area contributed by atoms with Gasteiger partial charge in [-0.25, -0.2) is 9.67 Å². The van der Waals surface area contributed by atoms with Gasteiger partial charge in [0.15, 0.2) is 11.5 Å². The van der Waals surface area contributed by atoms with Crippen LogP contribution >= 0.6 is 0 Å². The second kappa shape index (κ2) is 5.54. The van der Waals surface area contributed by atoms with Crippen LogP contribution in [-0.4, -0.2) is 29.9 Å². The van der Waals surface area contributed by atoms with Gasteiger partial charge in [0.1, 0.15) is 5.52 Å². The molecule has 1 aliphatic rings. The van der Waals surface area contributed by atoms with Gasteiger partial charge in [0, 0.05) is 18.1 Å². The Morgan fingerprint density at radius 3 is 3.08 bits per heavy atom. The first-order chi connectivity index (χ1) is 12.3. The van der Waals surface area contributed by atoms with E-state index in [0.717, 1.165) is 45.9 Å². The van der Waals surface area contributed by atoms with E-state index in [0.29, 0.717) is 5.82 Å². The van der Waals surface area contributed by atoms with E-state index in [9.17, 15) is 0 Å². The Hall–Kier alpha value is -2.96. The average molecular weight is 333 g/mol. The minimum Gasteiger partial charge on any atom is -0.336 e. The molecule has 0 atom stereocenters. The summed E-state index contributed by atoms with van der Waals surface area (Å²) in [5, 5.41) is 16.4. The van der Waals surface area contributed by atoms with Gasteiger partial charge in [-0.05, 0) is 43.9 Å². The Kier molecular flexibility index (Phi) is 3.19. The molecule has 0 aromatic carbocycles. The molecule has 7 nitrogen and oxygen atoms in total. The summed E-state index contributed by atoms with van der Waals surface area (Å²) >= 11 is 0. The largest absolute Gasteiger partial charge is 0.336 e. The van der Waals surface area contributed by atoms with Crippen molar-refractivity contribution in [3.63, 3.8) is 0 Å². The van der Waals surface area contributed by atoms with E-state index in [1.54, 1.807) is 6.20 Å². The molecule has 0 bridgehead atoms. The van der Waals surface area contributed by atoms with E-state index in [1.165, 1.54) is 19.3 Å². The highest BCUT2D eigenvalue weighted by molar-refractivity contribution is 5.89. The summed E-state index contributed by atoms with van der Waals surface area (Å²) in [6.45, 7) is 3.01. The molecule has 2 N–H and O–H groups in total. The number of hydrogen-bond acceptors (Lipinski definition) is 5. The van der Waals surface area contributed by atoms with Crippen molar-refractivity contribution in [1.82, 2.24) is 29.9 Å². The molecule has 0 spiro atoms. The SMILES string of the molecule is Cc1nn(CC2CCC2)c2ncc(Nc3n[nH]c4cccnc34)cc12.